The number of carbonyl (C=O) groups is 1. The van der Waals surface area contributed by atoms with E-state index in [1.807, 2.05) is 18.3 Å². The number of rotatable bonds is 5. The van der Waals surface area contributed by atoms with Gasteiger partial charge >= 0.3 is 5.97 Å². The average molecular weight is 326 g/mol. The highest BCUT2D eigenvalue weighted by molar-refractivity contribution is 5.87. The monoisotopic (exact) mass is 326 g/mol. The highest BCUT2D eigenvalue weighted by atomic mass is 16.4. The zero-order valence-corrected chi connectivity index (χ0v) is 13.2. The molecular formula is C17H18N4O3. The van der Waals surface area contributed by atoms with Crippen LogP contribution in [-0.4, -0.2) is 25.6 Å². The summed E-state index contributed by atoms with van der Waals surface area (Å²) in [6.45, 7) is 0. The molecule has 124 valence electrons. The second-order valence-corrected chi connectivity index (χ2v) is 5.73. The molecule has 0 saturated heterocycles. The first-order chi connectivity index (χ1) is 11.5. The molecule has 0 aliphatic carbocycles. The maximum Gasteiger partial charge on any atom is 0.335 e. The molecular weight excluding hydrogens is 308 g/mol. The zero-order valence-electron chi connectivity index (χ0n) is 13.2. The molecule has 2 heterocycles. The summed E-state index contributed by atoms with van der Waals surface area (Å²) in [5.41, 5.74) is 8.31. The number of aryl methyl sites for hydroxylation is 3. The summed E-state index contributed by atoms with van der Waals surface area (Å²) in [5, 5.41) is 9.47. The fourth-order valence-corrected chi connectivity index (χ4v) is 2.80. The second kappa shape index (κ2) is 6.19. The fourth-order valence-electron chi connectivity index (χ4n) is 2.80. The highest BCUT2D eigenvalue weighted by Gasteiger charge is 2.12. The maximum absolute atomic E-state index is 12.1. The van der Waals surface area contributed by atoms with Crippen LogP contribution < -0.4 is 11.3 Å². The van der Waals surface area contributed by atoms with Crippen LogP contribution in [-0.2, 0) is 19.9 Å². The number of hydrogen-bond acceptors (Lipinski definition) is 4. The number of H-pyrrole nitrogens is 1. The first kappa shape index (κ1) is 15.8. The van der Waals surface area contributed by atoms with Crippen molar-refractivity contribution in [3.8, 4) is 0 Å². The van der Waals surface area contributed by atoms with E-state index in [9.17, 15) is 9.59 Å². The molecule has 0 radical (unpaired) electrons. The zero-order chi connectivity index (χ0) is 17.3. The van der Waals surface area contributed by atoms with Crippen molar-refractivity contribution in [1.29, 1.82) is 0 Å². The van der Waals surface area contributed by atoms with Gasteiger partial charge in [-0.2, -0.15) is 4.98 Å². The van der Waals surface area contributed by atoms with E-state index in [1.165, 1.54) is 0 Å². The van der Waals surface area contributed by atoms with Gasteiger partial charge in [0.15, 0.2) is 0 Å². The minimum absolute atomic E-state index is 0.180. The van der Waals surface area contributed by atoms with E-state index in [2.05, 4.69) is 9.97 Å². The maximum atomic E-state index is 12.1. The topological polar surface area (TPSA) is 114 Å². The molecule has 0 amide bonds. The Morgan fingerprint density at radius 3 is 2.67 bits per heavy atom. The summed E-state index contributed by atoms with van der Waals surface area (Å²) < 4.78 is 1.66. The van der Waals surface area contributed by atoms with Crippen LogP contribution in [0.15, 0.2) is 35.3 Å². The Hall–Kier alpha value is -3.09. The fraction of sp³-hybridized carbons (Fsp3) is 0.235. The summed E-state index contributed by atoms with van der Waals surface area (Å²) in [6, 6.07) is 6.84. The number of aromatic carboxylic acids is 1. The summed E-state index contributed by atoms with van der Waals surface area (Å²) in [7, 11) is 1.76. The minimum Gasteiger partial charge on any atom is -0.478 e. The largest absolute Gasteiger partial charge is 0.478 e. The van der Waals surface area contributed by atoms with Crippen LogP contribution in [0.2, 0.25) is 0 Å². The lowest BCUT2D eigenvalue weighted by atomic mass is 10.0. The van der Waals surface area contributed by atoms with Crippen molar-refractivity contribution in [3.63, 3.8) is 0 Å². The first-order valence-electron chi connectivity index (χ1n) is 7.62. The van der Waals surface area contributed by atoms with Crippen LogP contribution in [0.25, 0.3) is 11.0 Å². The van der Waals surface area contributed by atoms with Gasteiger partial charge in [-0.25, -0.2) is 4.79 Å². The molecule has 0 aliphatic rings. The van der Waals surface area contributed by atoms with Gasteiger partial charge in [0, 0.05) is 13.2 Å². The van der Waals surface area contributed by atoms with Crippen LogP contribution in [0.4, 0.5) is 5.95 Å². The van der Waals surface area contributed by atoms with E-state index in [1.54, 1.807) is 23.7 Å². The average Bonchev–Trinajstić information content (AvgIpc) is 2.98. The standard InChI is InChI=1S/C17H18N4O3/c1-21-14-13(15(22)20-17(21)18)12(9-19-14)4-2-3-10-5-7-11(8-6-10)16(23)24/h5-9,19H,2-4H2,1H3,(H,23,24)(H2,18,20,22). The molecule has 0 unspecified atom stereocenters. The molecule has 4 N–H and O–H groups in total. The van der Waals surface area contributed by atoms with Crippen molar-refractivity contribution in [2.45, 2.75) is 19.3 Å². The number of anilines is 1. The molecule has 0 spiro atoms. The molecule has 7 heteroatoms. The Morgan fingerprint density at radius 2 is 2.00 bits per heavy atom. The van der Waals surface area contributed by atoms with E-state index in [0.29, 0.717) is 11.0 Å². The van der Waals surface area contributed by atoms with Crippen molar-refractivity contribution in [2.24, 2.45) is 7.05 Å². The molecule has 1 aromatic carbocycles. The van der Waals surface area contributed by atoms with Gasteiger partial charge in [0.05, 0.1) is 10.9 Å². The Labute approximate surface area is 137 Å². The van der Waals surface area contributed by atoms with Crippen molar-refractivity contribution >= 4 is 23.0 Å². The molecule has 0 atom stereocenters. The summed E-state index contributed by atoms with van der Waals surface area (Å²) in [5.74, 6) is -0.748. The Kier molecular flexibility index (Phi) is 4.07. The van der Waals surface area contributed by atoms with Crippen LogP contribution in [0.1, 0.15) is 27.9 Å². The van der Waals surface area contributed by atoms with Gasteiger partial charge in [0.25, 0.3) is 5.56 Å². The van der Waals surface area contributed by atoms with Gasteiger partial charge in [-0.1, -0.05) is 12.1 Å². The number of nitrogen functional groups attached to an aromatic ring is 1. The molecule has 0 aliphatic heterocycles. The Bertz CT molecular complexity index is 954. The third kappa shape index (κ3) is 2.88. The third-order valence-corrected chi connectivity index (χ3v) is 4.16. The van der Waals surface area contributed by atoms with Crippen molar-refractivity contribution < 1.29 is 9.90 Å². The summed E-state index contributed by atoms with van der Waals surface area (Å²) in [4.78, 5) is 29.8. The van der Waals surface area contributed by atoms with Gasteiger partial charge in [0.2, 0.25) is 5.95 Å². The Morgan fingerprint density at radius 1 is 1.29 bits per heavy atom. The first-order valence-corrected chi connectivity index (χ1v) is 7.62. The van der Waals surface area contributed by atoms with E-state index in [4.69, 9.17) is 10.8 Å². The van der Waals surface area contributed by atoms with Gasteiger partial charge in [0.1, 0.15) is 5.65 Å². The number of carboxylic acid groups (broad SMARTS) is 1. The molecule has 0 fully saturated rings. The smallest absolute Gasteiger partial charge is 0.335 e. The summed E-state index contributed by atoms with van der Waals surface area (Å²) >= 11 is 0. The number of aromatic amines is 1. The minimum atomic E-state index is -0.928. The van der Waals surface area contributed by atoms with Crippen molar-refractivity contribution in [1.82, 2.24) is 14.5 Å². The van der Waals surface area contributed by atoms with Gasteiger partial charge in [-0.05, 0) is 42.5 Å². The molecule has 0 saturated carbocycles. The predicted molar refractivity (Wildman–Crippen MR) is 91.2 cm³/mol. The molecule has 3 aromatic rings. The van der Waals surface area contributed by atoms with Crippen LogP contribution in [0.5, 0.6) is 0 Å². The number of aromatic nitrogens is 3. The number of benzene rings is 1. The van der Waals surface area contributed by atoms with Gasteiger partial charge in [-0.15, -0.1) is 0 Å². The van der Waals surface area contributed by atoms with Crippen molar-refractivity contribution in [3.05, 3.63) is 57.5 Å². The number of nitrogens with zero attached hydrogens (tertiary/aromatic N) is 2. The number of carboxylic acids is 1. The Balaban J connectivity index is 1.73. The molecule has 7 nitrogen and oxygen atoms in total. The van der Waals surface area contributed by atoms with Crippen LogP contribution in [0.3, 0.4) is 0 Å². The van der Waals surface area contributed by atoms with Crippen molar-refractivity contribution in [2.75, 3.05) is 5.73 Å². The normalized spacial score (nSPS) is 11.0. The van der Waals surface area contributed by atoms with E-state index in [0.717, 1.165) is 30.4 Å². The summed E-state index contributed by atoms with van der Waals surface area (Å²) in [6.07, 6.45) is 4.18. The number of nitrogens with one attached hydrogen (secondary N) is 1. The number of nitrogens with two attached hydrogens (primary N) is 1. The predicted octanol–water partition coefficient (Wildman–Crippen LogP) is 1.72. The van der Waals surface area contributed by atoms with E-state index >= 15 is 0 Å². The number of fused-ring (bicyclic) bond motifs is 1. The van der Waals surface area contributed by atoms with E-state index < -0.39 is 5.97 Å². The highest BCUT2D eigenvalue weighted by Crippen LogP contribution is 2.17. The lowest BCUT2D eigenvalue weighted by Gasteiger charge is -2.05. The molecule has 0 bridgehead atoms. The molecule has 2 aromatic heterocycles. The quantitative estimate of drug-likeness (QED) is 0.660. The SMILES string of the molecule is Cn1c(N)nc(=O)c2c(CCCc3ccc(C(=O)O)cc3)c[nH]c21. The van der Waals surface area contributed by atoms with Crippen LogP contribution >= 0.6 is 0 Å². The van der Waals surface area contributed by atoms with Gasteiger partial charge < -0.3 is 20.4 Å². The van der Waals surface area contributed by atoms with Gasteiger partial charge in [-0.3, -0.25) is 4.79 Å². The second-order valence-electron chi connectivity index (χ2n) is 5.73. The lowest BCUT2D eigenvalue weighted by molar-refractivity contribution is 0.0697. The molecule has 3 rings (SSSR count). The molecule has 24 heavy (non-hydrogen) atoms. The third-order valence-electron chi connectivity index (χ3n) is 4.16. The lowest BCUT2D eigenvalue weighted by Crippen LogP contribution is -2.16. The number of hydrogen-bond donors (Lipinski definition) is 3. The van der Waals surface area contributed by atoms with E-state index in [-0.39, 0.29) is 17.1 Å². The van der Waals surface area contributed by atoms with Crippen LogP contribution in [0, 0.1) is 0 Å².